The Bertz CT molecular complexity index is 1380. The molecular weight excluding hydrogens is 952 g/mol. The quantitative estimate of drug-likeness (QED) is 0.0197. The molecule has 0 fully saturated rings. The maximum Gasteiger partial charge on any atom is 0.472 e. The third kappa shape index (κ3) is 54.5. The van der Waals surface area contributed by atoms with Gasteiger partial charge in [-0.15, -0.1) is 0 Å². The normalized spacial score (nSPS) is 13.5. The van der Waals surface area contributed by atoms with Gasteiger partial charge in [-0.25, -0.2) is 4.57 Å². The zero-order valence-corrected chi connectivity index (χ0v) is 49.0. The summed E-state index contributed by atoms with van der Waals surface area (Å²) in [5.74, 6) is -1.46. The molecule has 0 spiro atoms. The topological polar surface area (TPSA) is 155 Å². The summed E-state index contributed by atoms with van der Waals surface area (Å²) >= 11 is 0. The number of hydrogen-bond acceptors (Lipinski definition) is 10. The molecule has 0 aliphatic rings. The number of carbonyl (C=O) groups is 3. The van der Waals surface area contributed by atoms with Crippen LogP contribution >= 0.6 is 7.82 Å². The molecule has 3 atom stereocenters. The van der Waals surface area contributed by atoms with E-state index in [4.69, 9.17) is 23.3 Å². The highest BCUT2D eigenvalue weighted by Crippen LogP contribution is 2.43. The van der Waals surface area contributed by atoms with Crippen molar-refractivity contribution in [2.75, 3.05) is 26.4 Å². The van der Waals surface area contributed by atoms with Gasteiger partial charge in [-0.1, -0.05) is 250 Å². The molecule has 434 valence electrons. The summed E-state index contributed by atoms with van der Waals surface area (Å²) in [6.45, 7) is 4.61. The lowest BCUT2D eigenvalue weighted by Crippen LogP contribution is -2.30. The van der Waals surface area contributed by atoms with Gasteiger partial charge in [-0.05, 0) is 70.6 Å². The highest BCUT2D eigenvalue weighted by Gasteiger charge is 2.28. The lowest BCUT2D eigenvalue weighted by atomic mass is 10.0. The fourth-order valence-electron chi connectivity index (χ4n) is 8.80. The van der Waals surface area contributed by atoms with Crippen LogP contribution in [0.1, 0.15) is 303 Å². The lowest BCUT2D eigenvalue weighted by molar-refractivity contribution is -0.161. The molecule has 0 aromatic carbocycles. The molecular formula is C62H115O11P. The third-order valence-electron chi connectivity index (χ3n) is 13.5. The van der Waals surface area contributed by atoms with E-state index in [2.05, 4.69) is 57.2 Å². The molecule has 2 N–H and O–H groups in total. The number of phosphoric acid groups is 1. The second-order valence-electron chi connectivity index (χ2n) is 20.9. The van der Waals surface area contributed by atoms with Gasteiger partial charge in [-0.3, -0.25) is 23.4 Å². The van der Waals surface area contributed by atoms with Crippen LogP contribution in [0.5, 0.6) is 0 Å². The molecule has 0 saturated heterocycles. The van der Waals surface area contributed by atoms with Crippen molar-refractivity contribution in [2.24, 2.45) is 0 Å². The molecule has 0 bridgehead atoms. The van der Waals surface area contributed by atoms with Gasteiger partial charge in [-0.2, -0.15) is 0 Å². The van der Waals surface area contributed by atoms with Gasteiger partial charge in [0.1, 0.15) is 12.7 Å². The van der Waals surface area contributed by atoms with E-state index in [1.54, 1.807) is 0 Å². The highest BCUT2D eigenvalue weighted by molar-refractivity contribution is 7.47. The van der Waals surface area contributed by atoms with E-state index >= 15 is 0 Å². The Morgan fingerprint density at radius 3 is 1.07 bits per heavy atom. The molecule has 0 amide bonds. The second kappa shape index (κ2) is 56.9. The lowest BCUT2D eigenvalue weighted by Gasteiger charge is -2.21. The zero-order valence-electron chi connectivity index (χ0n) is 48.1. The summed E-state index contributed by atoms with van der Waals surface area (Å²) in [7, 11) is -4.75. The first-order valence-electron chi connectivity index (χ1n) is 30.9. The minimum Gasteiger partial charge on any atom is -0.462 e. The van der Waals surface area contributed by atoms with E-state index < -0.39 is 57.8 Å². The Kier molecular flexibility index (Phi) is 55.1. The van der Waals surface area contributed by atoms with Crippen LogP contribution in [-0.2, 0) is 42.2 Å². The summed E-state index contributed by atoms with van der Waals surface area (Å²) in [5, 5.41) is 9.84. The standard InChI is InChI=1S/C62H115O11P/c1-4-7-10-13-16-19-22-25-27-29-31-34-37-40-43-46-49-52-61(65)72-58(54-63)56-70-74(67,68)71-57-59(55-69-60(64)51-48-45-42-39-36-33-24-21-18-15-12-9-6-3)73-62(66)53-50-47-44-41-38-35-32-30-28-26-23-20-17-14-11-8-5-2/h12,15,21,24,26,28,58-59,63H,4-11,13-14,16-20,22-23,25,27,29-57H2,1-3H3,(H,67,68)/b15-12-,24-21-,28-26-. The number of ether oxygens (including phenoxy) is 3. The number of carbonyl (C=O) groups excluding carboxylic acids is 3. The average molecular weight is 1070 g/mol. The van der Waals surface area contributed by atoms with Gasteiger partial charge >= 0.3 is 25.7 Å². The minimum absolute atomic E-state index is 0.163. The van der Waals surface area contributed by atoms with E-state index in [-0.39, 0.29) is 25.9 Å². The number of aliphatic hydroxyl groups is 1. The summed E-state index contributed by atoms with van der Waals surface area (Å²) in [5.41, 5.74) is 0. The van der Waals surface area contributed by atoms with Gasteiger partial charge in [0.05, 0.1) is 19.8 Å². The summed E-state index contributed by atoms with van der Waals surface area (Å²) in [6, 6.07) is 0. The molecule has 0 aliphatic carbocycles. The van der Waals surface area contributed by atoms with Crippen LogP contribution in [0.4, 0.5) is 0 Å². The number of esters is 3. The molecule has 0 aromatic rings. The van der Waals surface area contributed by atoms with Crippen LogP contribution < -0.4 is 0 Å². The largest absolute Gasteiger partial charge is 0.472 e. The van der Waals surface area contributed by atoms with Crippen molar-refractivity contribution in [1.82, 2.24) is 0 Å². The van der Waals surface area contributed by atoms with E-state index in [0.29, 0.717) is 19.3 Å². The highest BCUT2D eigenvalue weighted by atomic mass is 31.2. The van der Waals surface area contributed by atoms with E-state index in [0.717, 1.165) is 89.9 Å². The molecule has 0 aromatic heterocycles. The molecule has 0 saturated carbocycles. The predicted octanol–water partition coefficient (Wildman–Crippen LogP) is 18.4. The molecule has 0 radical (unpaired) electrons. The average Bonchev–Trinajstić information content (AvgIpc) is 3.39. The van der Waals surface area contributed by atoms with Crippen molar-refractivity contribution in [3.8, 4) is 0 Å². The number of phosphoric ester groups is 1. The van der Waals surface area contributed by atoms with Crippen molar-refractivity contribution < 1.29 is 52.2 Å². The summed E-state index contributed by atoms with van der Waals surface area (Å²) in [6.07, 6.45) is 59.5. The van der Waals surface area contributed by atoms with Crippen molar-refractivity contribution >= 4 is 25.7 Å². The number of unbranched alkanes of at least 4 members (excludes halogenated alkanes) is 35. The molecule has 0 aliphatic heterocycles. The second-order valence-corrected chi connectivity index (χ2v) is 22.3. The number of allylic oxidation sites excluding steroid dienone is 6. The Morgan fingerprint density at radius 2 is 0.689 bits per heavy atom. The van der Waals surface area contributed by atoms with Crippen LogP contribution in [0.3, 0.4) is 0 Å². The maximum atomic E-state index is 12.9. The smallest absolute Gasteiger partial charge is 0.462 e. The van der Waals surface area contributed by atoms with Crippen molar-refractivity contribution in [3.63, 3.8) is 0 Å². The number of rotatable bonds is 58. The fraction of sp³-hybridized carbons (Fsp3) is 0.855. The monoisotopic (exact) mass is 1070 g/mol. The Morgan fingerprint density at radius 1 is 0.378 bits per heavy atom. The minimum atomic E-state index is -4.75. The van der Waals surface area contributed by atoms with Crippen molar-refractivity contribution in [3.05, 3.63) is 36.5 Å². The molecule has 12 heteroatoms. The van der Waals surface area contributed by atoms with E-state index in [1.165, 1.54) is 154 Å². The predicted molar refractivity (Wildman–Crippen MR) is 307 cm³/mol. The first kappa shape index (κ1) is 71.7. The number of aliphatic hydroxyl groups excluding tert-OH is 1. The van der Waals surface area contributed by atoms with Gasteiger partial charge in [0.15, 0.2) is 6.10 Å². The van der Waals surface area contributed by atoms with Gasteiger partial charge in [0.25, 0.3) is 0 Å². The SMILES string of the molecule is CCC/C=C\C/C=C\CCCCCCCC(=O)OCC(COP(=O)(O)OCC(CO)OC(=O)CCCCCCCCCCCCCCCCCCC)OC(=O)CCCCCCCCC/C=C\CCCCCCCC. The van der Waals surface area contributed by atoms with Crippen LogP contribution in [0.15, 0.2) is 36.5 Å². The summed E-state index contributed by atoms with van der Waals surface area (Å²) < 4.78 is 39.6. The van der Waals surface area contributed by atoms with Crippen molar-refractivity contribution in [2.45, 2.75) is 315 Å². The Labute approximate surface area is 454 Å². The van der Waals surface area contributed by atoms with Crippen LogP contribution in [0.25, 0.3) is 0 Å². The first-order chi connectivity index (χ1) is 36.2. The first-order valence-corrected chi connectivity index (χ1v) is 32.4. The molecule has 3 unspecified atom stereocenters. The molecule has 74 heavy (non-hydrogen) atoms. The van der Waals surface area contributed by atoms with Crippen LogP contribution in [0.2, 0.25) is 0 Å². The molecule has 0 rings (SSSR count). The van der Waals surface area contributed by atoms with Gasteiger partial charge < -0.3 is 24.2 Å². The van der Waals surface area contributed by atoms with E-state index in [1.807, 2.05) is 0 Å². The fourth-order valence-corrected chi connectivity index (χ4v) is 9.59. The van der Waals surface area contributed by atoms with Crippen molar-refractivity contribution in [1.29, 1.82) is 0 Å². The Balaban J connectivity index is 4.65. The van der Waals surface area contributed by atoms with Crippen LogP contribution in [0, 0.1) is 0 Å². The third-order valence-corrected chi connectivity index (χ3v) is 14.5. The van der Waals surface area contributed by atoms with Gasteiger partial charge in [0.2, 0.25) is 0 Å². The van der Waals surface area contributed by atoms with Gasteiger partial charge in [0, 0.05) is 19.3 Å². The zero-order chi connectivity index (χ0) is 54.1. The summed E-state index contributed by atoms with van der Waals surface area (Å²) in [4.78, 5) is 48.6. The number of hydrogen-bond donors (Lipinski definition) is 2. The van der Waals surface area contributed by atoms with Crippen LogP contribution in [-0.4, -0.2) is 66.5 Å². The van der Waals surface area contributed by atoms with E-state index in [9.17, 15) is 28.9 Å². The molecule has 0 heterocycles. The Hall–Kier alpha value is -2.30. The maximum absolute atomic E-state index is 12.9. The molecule has 11 nitrogen and oxygen atoms in total.